The molecule has 1 aromatic heterocycles. The molecule has 18 heavy (non-hydrogen) atoms. The fourth-order valence-corrected chi connectivity index (χ4v) is 2.56. The minimum Gasteiger partial charge on any atom is -0.371 e. The van der Waals surface area contributed by atoms with Crippen molar-refractivity contribution in [2.24, 2.45) is 0 Å². The van der Waals surface area contributed by atoms with Gasteiger partial charge in [-0.1, -0.05) is 12.1 Å². The van der Waals surface area contributed by atoms with Crippen molar-refractivity contribution in [1.82, 2.24) is 15.5 Å². The van der Waals surface area contributed by atoms with E-state index in [4.69, 9.17) is 9.26 Å². The van der Waals surface area contributed by atoms with E-state index in [1.807, 2.05) is 13.8 Å². The zero-order valence-electron chi connectivity index (χ0n) is 11.5. The van der Waals surface area contributed by atoms with E-state index in [1.165, 1.54) is 0 Å². The smallest absolute Gasteiger partial charge is 0.233 e. The molecule has 5 heteroatoms. The van der Waals surface area contributed by atoms with Gasteiger partial charge in [0.15, 0.2) is 5.82 Å². The highest BCUT2D eigenvalue weighted by Gasteiger charge is 2.37. The van der Waals surface area contributed by atoms with Crippen LogP contribution in [-0.2, 0) is 10.2 Å². The number of nitrogens with zero attached hydrogens (tertiary/aromatic N) is 2. The van der Waals surface area contributed by atoms with E-state index in [9.17, 15) is 0 Å². The van der Waals surface area contributed by atoms with Gasteiger partial charge in [0.1, 0.15) is 6.10 Å². The number of aromatic nitrogens is 2. The summed E-state index contributed by atoms with van der Waals surface area (Å²) in [7, 11) is 0. The molecular weight excluding hydrogens is 230 g/mol. The molecule has 0 bridgehead atoms. The fourth-order valence-electron chi connectivity index (χ4n) is 2.56. The Kier molecular flexibility index (Phi) is 4.35. The molecule has 1 unspecified atom stereocenters. The van der Waals surface area contributed by atoms with Crippen molar-refractivity contribution >= 4 is 0 Å². The lowest BCUT2D eigenvalue weighted by atomic mass is 9.76. The number of piperidine rings is 1. The van der Waals surface area contributed by atoms with Gasteiger partial charge < -0.3 is 14.6 Å². The van der Waals surface area contributed by atoms with Crippen LogP contribution in [0.3, 0.4) is 0 Å². The average molecular weight is 253 g/mol. The van der Waals surface area contributed by atoms with Crippen LogP contribution < -0.4 is 5.32 Å². The summed E-state index contributed by atoms with van der Waals surface area (Å²) in [5.74, 6) is 1.45. The molecule has 1 aromatic rings. The summed E-state index contributed by atoms with van der Waals surface area (Å²) in [6.07, 6.45) is 3.07. The van der Waals surface area contributed by atoms with E-state index in [0.717, 1.165) is 38.2 Å². The number of hydrogen-bond acceptors (Lipinski definition) is 5. The normalized spacial score (nSPS) is 20.8. The molecule has 2 rings (SSSR count). The second kappa shape index (κ2) is 5.80. The maximum Gasteiger partial charge on any atom is 0.233 e. The highest BCUT2D eigenvalue weighted by atomic mass is 16.5. The number of ether oxygens (including phenoxy) is 1. The van der Waals surface area contributed by atoms with Gasteiger partial charge >= 0.3 is 0 Å². The van der Waals surface area contributed by atoms with E-state index >= 15 is 0 Å². The Labute approximate surface area is 108 Å². The summed E-state index contributed by atoms with van der Waals surface area (Å²) in [6, 6.07) is 0. The lowest BCUT2D eigenvalue weighted by molar-refractivity contribution is 0.0683. The van der Waals surface area contributed by atoms with Crippen molar-refractivity contribution in [3.05, 3.63) is 11.7 Å². The number of hydrogen-bond donors (Lipinski definition) is 1. The average Bonchev–Trinajstić information content (AvgIpc) is 2.90. The van der Waals surface area contributed by atoms with Crippen LogP contribution in [0.15, 0.2) is 4.52 Å². The Morgan fingerprint density at radius 2 is 2.11 bits per heavy atom. The molecule has 1 saturated heterocycles. The zero-order valence-corrected chi connectivity index (χ0v) is 11.5. The molecule has 0 radical (unpaired) electrons. The van der Waals surface area contributed by atoms with Gasteiger partial charge in [0.05, 0.1) is 5.41 Å². The highest BCUT2D eigenvalue weighted by molar-refractivity contribution is 5.08. The predicted octanol–water partition coefficient (Wildman–Crippen LogP) is 2.20. The first-order valence-electron chi connectivity index (χ1n) is 6.88. The SMILES string of the molecule is CCOC(C)c1noc(C2(CC)CCNCC2)n1. The molecule has 1 aliphatic rings. The second-order valence-corrected chi connectivity index (χ2v) is 4.94. The van der Waals surface area contributed by atoms with Crippen molar-refractivity contribution in [3.8, 4) is 0 Å². The third-order valence-corrected chi connectivity index (χ3v) is 3.91. The van der Waals surface area contributed by atoms with Gasteiger partial charge in [-0.2, -0.15) is 4.98 Å². The lowest BCUT2D eigenvalue weighted by Gasteiger charge is -2.33. The van der Waals surface area contributed by atoms with Crippen LogP contribution in [-0.4, -0.2) is 29.8 Å². The molecule has 0 spiro atoms. The van der Waals surface area contributed by atoms with Crippen LogP contribution in [0.2, 0.25) is 0 Å². The van der Waals surface area contributed by atoms with Crippen molar-refractivity contribution < 1.29 is 9.26 Å². The third-order valence-electron chi connectivity index (χ3n) is 3.91. The van der Waals surface area contributed by atoms with Crippen LogP contribution >= 0.6 is 0 Å². The Morgan fingerprint density at radius 3 is 2.72 bits per heavy atom. The monoisotopic (exact) mass is 253 g/mol. The topological polar surface area (TPSA) is 60.2 Å². The Balaban J connectivity index is 2.16. The fraction of sp³-hybridized carbons (Fsp3) is 0.846. The van der Waals surface area contributed by atoms with E-state index in [-0.39, 0.29) is 11.5 Å². The molecular formula is C13H23N3O2. The van der Waals surface area contributed by atoms with Crippen molar-refractivity contribution in [2.45, 2.75) is 51.6 Å². The third kappa shape index (κ3) is 2.57. The molecule has 102 valence electrons. The van der Waals surface area contributed by atoms with Crippen LogP contribution in [0.25, 0.3) is 0 Å². The standard InChI is InChI=1S/C13H23N3O2/c1-4-13(6-8-14-9-7-13)12-15-11(16-18-12)10(3)17-5-2/h10,14H,4-9H2,1-3H3. The lowest BCUT2D eigenvalue weighted by Crippen LogP contribution is -2.39. The summed E-state index contributed by atoms with van der Waals surface area (Å²) >= 11 is 0. The Morgan fingerprint density at radius 1 is 1.39 bits per heavy atom. The molecule has 0 saturated carbocycles. The van der Waals surface area contributed by atoms with Gasteiger partial charge in [-0.3, -0.25) is 0 Å². The summed E-state index contributed by atoms with van der Waals surface area (Å²) in [4.78, 5) is 4.56. The van der Waals surface area contributed by atoms with Crippen LogP contribution in [0.4, 0.5) is 0 Å². The van der Waals surface area contributed by atoms with Gasteiger partial charge in [0.2, 0.25) is 5.89 Å². The molecule has 1 fully saturated rings. The highest BCUT2D eigenvalue weighted by Crippen LogP contribution is 2.36. The molecule has 0 aliphatic carbocycles. The quantitative estimate of drug-likeness (QED) is 0.871. The van der Waals surface area contributed by atoms with E-state index < -0.39 is 0 Å². The molecule has 2 heterocycles. The minimum absolute atomic E-state index is 0.0580. The molecule has 0 aromatic carbocycles. The van der Waals surface area contributed by atoms with Crippen molar-refractivity contribution in [3.63, 3.8) is 0 Å². The molecule has 5 nitrogen and oxygen atoms in total. The maximum absolute atomic E-state index is 5.50. The van der Waals surface area contributed by atoms with Crippen molar-refractivity contribution in [1.29, 1.82) is 0 Å². The van der Waals surface area contributed by atoms with E-state index in [1.54, 1.807) is 0 Å². The van der Waals surface area contributed by atoms with Gasteiger partial charge in [0.25, 0.3) is 0 Å². The zero-order chi connectivity index (χ0) is 13.0. The Hall–Kier alpha value is -0.940. The molecule has 1 N–H and O–H groups in total. The number of rotatable bonds is 5. The van der Waals surface area contributed by atoms with E-state index in [2.05, 4.69) is 22.4 Å². The molecule has 1 atom stereocenters. The van der Waals surface area contributed by atoms with Crippen molar-refractivity contribution in [2.75, 3.05) is 19.7 Å². The van der Waals surface area contributed by atoms with Gasteiger partial charge in [0, 0.05) is 6.61 Å². The first-order valence-corrected chi connectivity index (χ1v) is 6.88. The van der Waals surface area contributed by atoms with Crippen LogP contribution in [0, 0.1) is 0 Å². The van der Waals surface area contributed by atoms with Crippen LogP contribution in [0.1, 0.15) is 57.9 Å². The summed E-state index contributed by atoms with van der Waals surface area (Å²) < 4.78 is 11.0. The van der Waals surface area contributed by atoms with Gasteiger partial charge in [-0.05, 0) is 46.2 Å². The number of nitrogens with one attached hydrogen (secondary N) is 1. The predicted molar refractivity (Wildman–Crippen MR) is 68.4 cm³/mol. The Bertz CT molecular complexity index is 372. The minimum atomic E-state index is -0.0943. The van der Waals surface area contributed by atoms with E-state index in [0.29, 0.717) is 12.4 Å². The summed E-state index contributed by atoms with van der Waals surface area (Å²) in [5.41, 5.74) is 0.0580. The first kappa shape index (κ1) is 13.5. The first-order chi connectivity index (χ1) is 8.72. The summed E-state index contributed by atoms with van der Waals surface area (Å²) in [6.45, 7) is 8.82. The van der Waals surface area contributed by atoms with Gasteiger partial charge in [-0.25, -0.2) is 0 Å². The van der Waals surface area contributed by atoms with Crippen LogP contribution in [0.5, 0.6) is 0 Å². The summed E-state index contributed by atoms with van der Waals surface area (Å²) in [5, 5.41) is 7.45. The second-order valence-electron chi connectivity index (χ2n) is 4.94. The molecule has 0 amide bonds. The maximum atomic E-state index is 5.50. The molecule has 1 aliphatic heterocycles. The largest absolute Gasteiger partial charge is 0.371 e. The van der Waals surface area contributed by atoms with Gasteiger partial charge in [-0.15, -0.1) is 0 Å².